The fraction of sp³-hybridized carbons (Fsp3) is 0.375. The summed E-state index contributed by atoms with van der Waals surface area (Å²) in [6.45, 7) is 5.17. The first kappa shape index (κ1) is 20.9. The number of fused-ring (bicyclic) bond motifs is 2. The molecule has 0 radical (unpaired) electrons. The van der Waals surface area contributed by atoms with Crippen LogP contribution in [0.4, 0.5) is 5.69 Å². The number of hydrogen-bond donors (Lipinski definition) is 0. The summed E-state index contributed by atoms with van der Waals surface area (Å²) in [5.74, 6) is 1.01. The summed E-state index contributed by atoms with van der Waals surface area (Å²) in [6.07, 6.45) is 5.95. The number of ether oxygens (including phenoxy) is 1. The predicted octanol–water partition coefficient (Wildman–Crippen LogP) is 2.88. The van der Waals surface area contributed by atoms with Crippen molar-refractivity contribution in [1.82, 2.24) is 24.3 Å². The molecule has 9 heteroatoms. The molecule has 1 saturated heterocycles. The number of anilines is 1. The zero-order chi connectivity index (χ0) is 23.1. The fourth-order valence-corrected chi connectivity index (χ4v) is 4.61. The predicted molar refractivity (Wildman–Crippen MR) is 125 cm³/mol. The van der Waals surface area contributed by atoms with Gasteiger partial charge in [-0.25, -0.2) is 0 Å². The topological polar surface area (TPSA) is 102 Å². The lowest BCUT2D eigenvalue weighted by atomic mass is 9.91. The van der Waals surface area contributed by atoms with E-state index >= 15 is 0 Å². The van der Waals surface area contributed by atoms with Gasteiger partial charge in [-0.1, -0.05) is 6.92 Å². The molecule has 5 rings (SSSR count). The molecule has 33 heavy (non-hydrogen) atoms. The lowest BCUT2D eigenvalue weighted by molar-refractivity contribution is 0.107. The summed E-state index contributed by atoms with van der Waals surface area (Å²) in [5, 5.41) is 13.7. The second-order valence-electron chi connectivity index (χ2n) is 8.72. The summed E-state index contributed by atoms with van der Waals surface area (Å²) in [4.78, 5) is 23.6. The Bertz CT molecular complexity index is 1430. The van der Waals surface area contributed by atoms with E-state index in [-0.39, 0.29) is 30.2 Å². The van der Waals surface area contributed by atoms with Crippen LogP contribution in [0.2, 0.25) is 0 Å². The molecule has 0 N–H and O–H groups in total. The average molecular weight is 444 g/mol. The minimum absolute atomic E-state index is 0.0311. The van der Waals surface area contributed by atoms with Crippen LogP contribution in [0.25, 0.3) is 22.1 Å². The van der Waals surface area contributed by atoms with Crippen LogP contribution in [-0.2, 0) is 13.6 Å². The first-order chi connectivity index (χ1) is 15.9. The van der Waals surface area contributed by atoms with Gasteiger partial charge in [-0.15, -0.1) is 0 Å². The van der Waals surface area contributed by atoms with Gasteiger partial charge in [-0.2, -0.15) is 10.4 Å². The molecule has 0 saturated carbocycles. The Labute approximate surface area is 190 Å². The third kappa shape index (κ3) is 3.78. The van der Waals surface area contributed by atoms with E-state index in [1.807, 2.05) is 18.2 Å². The molecule has 1 aliphatic rings. The lowest BCUT2D eigenvalue weighted by Gasteiger charge is -2.42. The van der Waals surface area contributed by atoms with E-state index in [2.05, 4.69) is 39.9 Å². The monoisotopic (exact) mass is 443 g/mol. The maximum atomic E-state index is 12.7. The Morgan fingerprint density at radius 2 is 1.97 bits per heavy atom. The van der Waals surface area contributed by atoms with E-state index in [0.717, 1.165) is 46.5 Å². The SMILES string of the molecule is C[C@@H]1CN(c2cc(=O)n(C)c3cn(CC#N)nc23)[C@@H](C)CC1Oc1ccc2nccnc2c1. The van der Waals surface area contributed by atoms with Crippen molar-refractivity contribution in [2.45, 2.75) is 39.0 Å². The first-order valence-corrected chi connectivity index (χ1v) is 11.0. The highest BCUT2D eigenvalue weighted by molar-refractivity contribution is 5.88. The third-order valence-corrected chi connectivity index (χ3v) is 6.43. The minimum Gasteiger partial charge on any atom is -0.490 e. The van der Waals surface area contributed by atoms with Crippen LogP contribution in [0.1, 0.15) is 20.3 Å². The molecular formula is C24H25N7O2. The number of benzene rings is 1. The Morgan fingerprint density at radius 3 is 2.76 bits per heavy atom. The van der Waals surface area contributed by atoms with Crippen LogP contribution in [0.5, 0.6) is 5.75 Å². The Morgan fingerprint density at radius 1 is 1.18 bits per heavy atom. The third-order valence-electron chi connectivity index (χ3n) is 6.43. The van der Waals surface area contributed by atoms with Crippen LogP contribution in [0.15, 0.2) is 47.7 Å². The number of nitriles is 1. The average Bonchev–Trinajstić information content (AvgIpc) is 3.23. The number of nitrogens with zero attached hydrogens (tertiary/aromatic N) is 7. The Kier molecular flexibility index (Phi) is 5.21. The highest BCUT2D eigenvalue weighted by Crippen LogP contribution is 2.33. The summed E-state index contributed by atoms with van der Waals surface area (Å²) < 4.78 is 9.54. The van der Waals surface area contributed by atoms with Gasteiger partial charge in [-0.05, 0) is 19.1 Å². The molecular weight excluding hydrogens is 418 g/mol. The molecule has 0 amide bonds. The number of pyridine rings is 1. The quantitative estimate of drug-likeness (QED) is 0.478. The summed E-state index contributed by atoms with van der Waals surface area (Å²) in [7, 11) is 1.73. The standard InChI is InChI=1S/C24H25N7O2/c1-15-13-31(20-12-23(32)29(3)21-14-30(9-6-25)28-24(20)21)16(2)10-22(15)33-17-4-5-18-19(11-17)27-8-7-26-18/h4-5,7-8,11-12,14-16,22H,9-10,13H2,1-3H3/t15-,16+,22?/m1/s1. The molecule has 4 aromatic rings. The van der Waals surface area contributed by atoms with Gasteiger partial charge in [0.25, 0.3) is 5.56 Å². The molecule has 0 spiro atoms. The molecule has 4 heterocycles. The molecule has 3 atom stereocenters. The molecule has 9 nitrogen and oxygen atoms in total. The second-order valence-corrected chi connectivity index (χ2v) is 8.72. The Hall–Kier alpha value is -3.93. The van der Waals surface area contributed by atoms with Gasteiger partial charge in [0.15, 0.2) is 0 Å². The number of hydrogen-bond acceptors (Lipinski definition) is 7. The molecule has 0 aliphatic carbocycles. The van der Waals surface area contributed by atoms with Gasteiger partial charge in [0.1, 0.15) is 23.9 Å². The van der Waals surface area contributed by atoms with E-state index in [0.29, 0.717) is 0 Å². The van der Waals surface area contributed by atoms with Crippen LogP contribution >= 0.6 is 0 Å². The van der Waals surface area contributed by atoms with Gasteiger partial charge in [0, 0.05) is 56.5 Å². The van der Waals surface area contributed by atoms with Gasteiger partial charge >= 0.3 is 0 Å². The van der Waals surface area contributed by atoms with Crippen LogP contribution < -0.4 is 15.2 Å². The van der Waals surface area contributed by atoms with Crippen molar-refractivity contribution < 1.29 is 4.74 Å². The number of piperidine rings is 1. The zero-order valence-electron chi connectivity index (χ0n) is 18.8. The summed E-state index contributed by atoms with van der Waals surface area (Å²) in [6, 6.07) is 9.69. The van der Waals surface area contributed by atoms with E-state index in [1.54, 1.807) is 41.0 Å². The second kappa shape index (κ2) is 8.20. The number of aryl methyl sites for hydroxylation is 1. The van der Waals surface area contributed by atoms with Crippen molar-refractivity contribution in [3.63, 3.8) is 0 Å². The molecule has 168 valence electrons. The fourth-order valence-electron chi connectivity index (χ4n) is 4.61. The van der Waals surface area contributed by atoms with E-state index in [1.165, 1.54) is 0 Å². The Balaban J connectivity index is 1.42. The minimum atomic E-state index is -0.0930. The summed E-state index contributed by atoms with van der Waals surface area (Å²) >= 11 is 0. The molecule has 0 bridgehead atoms. The maximum Gasteiger partial charge on any atom is 0.252 e. The largest absolute Gasteiger partial charge is 0.490 e. The maximum absolute atomic E-state index is 12.7. The van der Waals surface area contributed by atoms with Crippen molar-refractivity contribution in [1.29, 1.82) is 5.26 Å². The van der Waals surface area contributed by atoms with Crippen molar-refractivity contribution in [2.24, 2.45) is 13.0 Å². The summed E-state index contributed by atoms with van der Waals surface area (Å²) in [5.41, 5.74) is 3.82. The van der Waals surface area contributed by atoms with Gasteiger partial charge in [-0.3, -0.25) is 19.4 Å². The van der Waals surface area contributed by atoms with E-state index in [4.69, 9.17) is 10.00 Å². The lowest BCUT2D eigenvalue weighted by Crippen LogP contribution is -2.49. The van der Waals surface area contributed by atoms with E-state index in [9.17, 15) is 4.79 Å². The number of rotatable bonds is 4. The van der Waals surface area contributed by atoms with Crippen LogP contribution in [0.3, 0.4) is 0 Å². The first-order valence-electron chi connectivity index (χ1n) is 11.0. The normalized spacial score (nSPS) is 20.8. The van der Waals surface area contributed by atoms with Gasteiger partial charge in [0.2, 0.25) is 0 Å². The van der Waals surface area contributed by atoms with Crippen molar-refractivity contribution >= 4 is 27.8 Å². The molecule has 1 unspecified atom stereocenters. The van der Waals surface area contributed by atoms with Crippen LogP contribution in [0, 0.1) is 17.2 Å². The van der Waals surface area contributed by atoms with Gasteiger partial charge in [0.05, 0.1) is 34.5 Å². The molecule has 1 aliphatic heterocycles. The molecule has 3 aromatic heterocycles. The van der Waals surface area contributed by atoms with E-state index < -0.39 is 0 Å². The molecule has 1 fully saturated rings. The highest BCUT2D eigenvalue weighted by Gasteiger charge is 2.34. The van der Waals surface area contributed by atoms with Crippen molar-refractivity contribution in [3.05, 3.63) is 53.2 Å². The van der Waals surface area contributed by atoms with Crippen LogP contribution in [-0.4, -0.2) is 43.0 Å². The zero-order valence-corrected chi connectivity index (χ0v) is 18.8. The highest BCUT2D eigenvalue weighted by atomic mass is 16.5. The number of aromatic nitrogens is 5. The van der Waals surface area contributed by atoms with Crippen molar-refractivity contribution in [3.8, 4) is 11.8 Å². The smallest absolute Gasteiger partial charge is 0.252 e. The van der Waals surface area contributed by atoms with Gasteiger partial charge < -0.3 is 14.2 Å². The van der Waals surface area contributed by atoms with Crippen molar-refractivity contribution in [2.75, 3.05) is 11.4 Å². The molecule has 1 aromatic carbocycles.